The molecule has 2 amide bonds. The standard InChI is InChI=1S/C12H16N2O4/c1-3-4-8-5-9(17-11(13)15)6-10(7(8)2)18-12(14)16/h5-6H,3-4H2,1-2H3,(H2,13,15)(H2,14,16). The summed E-state index contributed by atoms with van der Waals surface area (Å²) in [6.45, 7) is 3.81. The monoisotopic (exact) mass is 252 g/mol. The molecule has 0 saturated carbocycles. The summed E-state index contributed by atoms with van der Waals surface area (Å²) in [6, 6.07) is 3.10. The van der Waals surface area contributed by atoms with Crippen LogP contribution in [0.15, 0.2) is 12.1 Å². The molecule has 0 aromatic heterocycles. The van der Waals surface area contributed by atoms with Crippen molar-refractivity contribution < 1.29 is 19.1 Å². The van der Waals surface area contributed by atoms with Gasteiger partial charge in [0.1, 0.15) is 11.5 Å². The number of primary amides is 2. The van der Waals surface area contributed by atoms with E-state index in [-0.39, 0.29) is 11.5 Å². The predicted octanol–water partition coefficient (Wildman–Crippen LogP) is 1.86. The third-order valence-electron chi connectivity index (χ3n) is 2.39. The van der Waals surface area contributed by atoms with Crippen LogP contribution in [0.25, 0.3) is 0 Å². The maximum atomic E-state index is 10.8. The third-order valence-corrected chi connectivity index (χ3v) is 2.39. The third kappa shape index (κ3) is 3.65. The minimum absolute atomic E-state index is 0.229. The molecule has 6 nitrogen and oxygen atoms in total. The molecular formula is C12H16N2O4. The van der Waals surface area contributed by atoms with Gasteiger partial charge in [0.2, 0.25) is 0 Å². The van der Waals surface area contributed by atoms with Gasteiger partial charge in [0, 0.05) is 6.07 Å². The van der Waals surface area contributed by atoms with Gasteiger partial charge in [0.05, 0.1) is 0 Å². The number of aryl methyl sites for hydroxylation is 1. The number of amides is 2. The average Bonchev–Trinajstić information content (AvgIpc) is 2.23. The van der Waals surface area contributed by atoms with Crippen molar-refractivity contribution in [3.8, 4) is 11.5 Å². The Balaban J connectivity index is 3.17. The van der Waals surface area contributed by atoms with E-state index in [0.717, 1.165) is 24.0 Å². The van der Waals surface area contributed by atoms with E-state index in [2.05, 4.69) is 0 Å². The normalized spacial score (nSPS) is 9.89. The van der Waals surface area contributed by atoms with Gasteiger partial charge in [-0.15, -0.1) is 0 Å². The Morgan fingerprint density at radius 2 is 1.78 bits per heavy atom. The Morgan fingerprint density at radius 3 is 2.28 bits per heavy atom. The first kappa shape index (κ1) is 13.8. The van der Waals surface area contributed by atoms with Gasteiger partial charge in [-0.05, 0) is 30.5 Å². The molecular weight excluding hydrogens is 236 g/mol. The van der Waals surface area contributed by atoms with Crippen molar-refractivity contribution in [2.75, 3.05) is 0 Å². The highest BCUT2D eigenvalue weighted by Crippen LogP contribution is 2.29. The van der Waals surface area contributed by atoms with Crippen molar-refractivity contribution in [1.82, 2.24) is 0 Å². The zero-order valence-electron chi connectivity index (χ0n) is 10.4. The van der Waals surface area contributed by atoms with Crippen molar-refractivity contribution in [2.45, 2.75) is 26.7 Å². The lowest BCUT2D eigenvalue weighted by atomic mass is 10.0. The molecule has 0 fully saturated rings. The molecule has 1 aromatic rings. The first-order chi connectivity index (χ1) is 8.43. The summed E-state index contributed by atoms with van der Waals surface area (Å²) >= 11 is 0. The lowest BCUT2D eigenvalue weighted by molar-refractivity contribution is 0.209. The van der Waals surface area contributed by atoms with Crippen LogP contribution in [0.2, 0.25) is 0 Å². The van der Waals surface area contributed by atoms with Gasteiger partial charge < -0.3 is 20.9 Å². The van der Waals surface area contributed by atoms with Crippen molar-refractivity contribution in [3.63, 3.8) is 0 Å². The summed E-state index contributed by atoms with van der Waals surface area (Å²) < 4.78 is 9.65. The van der Waals surface area contributed by atoms with Gasteiger partial charge in [-0.1, -0.05) is 13.3 Å². The minimum atomic E-state index is -0.925. The molecule has 1 rings (SSSR count). The second-order valence-electron chi connectivity index (χ2n) is 3.80. The molecule has 0 aliphatic rings. The van der Waals surface area contributed by atoms with E-state index < -0.39 is 12.2 Å². The summed E-state index contributed by atoms with van der Waals surface area (Å²) in [6.07, 6.45) is -0.184. The van der Waals surface area contributed by atoms with Gasteiger partial charge >= 0.3 is 12.2 Å². The molecule has 0 aliphatic carbocycles. The van der Waals surface area contributed by atoms with E-state index in [1.807, 2.05) is 6.92 Å². The number of hydrogen-bond donors (Lipinski definition) is 2. The van der Waals surface area contributed by atoms with Crippen molar-refractivity contribution in [2.24, 2.45) is 11.5 Å². The number of nitrogens with two attached hydrogens (primary N) is 2. The Bertz CT molecular complexity index is 471. The smallest absolute Gasteiger partial charge is 0.409 e. The van der Waals surface area contributed by atoms with Gasteiger partial charge in [0.25, 0.3) is 0 Å². The molecule has 0 aliphatic heterocycles. The maximum Gasteiger partial charge on any atom is 0.409 e. The van der Waals surface area contributed by atoms with E-state index in [1.165, 1.54) is 6.07 Å². The fraction of sp³-hybridized carbons (Fsp3) is 0.333. The van der Waals surface area contributed by atoms with E-state index >= 15 is 0 Å². The van der Waals surface area contributed by atoms with Crippen LogP contribution in [0.5, 0.6) is 11.5 Å². The molecule has 4 N–H and O–H groups in total. The van der Waals surface area contributed by atoms with Gasteiger partial charge in [-0.25, -0.2) is 9.59 Å². The second-order valence-corrected chi connectivity index (χ2v) is 3.80. The van der Waals surface area contributed by atoms with Gasteiger partial charge in [-0.3, -0.25) is 0 Å². The SMILES string of the molecule is CCCc1cc(OC(N)=O)cc(OC(N)=O)c1C. The van der Waals surface area contributed by atoms with Crippen molar-refractivity contribution in [1.29, 1.82) is 0 Å². The van der Waals surface area contributed by atoms with Crippen LogP contribution >= 0.6 is 0 Å². The topological polar surface area (TPSA) is 105 Å². The quantitative estimate of drug-likeness (QED) is 0.853. The number of carbonyl (C=O) groups is 2. The first-order valence-electron chi connectivity index (χ1n) is 5.52. The highest BCUT2D eigenvalue weighted by Gasteiger charge is 2.12. The number of hydrogen-bond acceptors (Lipinski definition) is 4. The summed E-state index contributed by atoms with van der Waals surface area (Å²) in [7, 11) is 0. The van der Waals surface area contributed by atoms with Gasteiger partial charge in [0.15, 0.2) is 0 Å². The molecule has 0 unspecified atom stereocenters. The fourth-order valence-electron chi connectivity index (χ4n) is 1.64. The Hall–Kier alpha value is -2.24. The molecule has 1 aromatic carbocycles. The predicted molar refractivity (Wildman–Crippen MR) is 65.6 cm³/mol. The number of rotatable bonds is 4. The average molecular weight is 252 g/mol. The van der Waals surface area contributed by atoms with Gasteiger partial charge in [-0.2, -0.15) is 0 Å². The van der Waals surface area contributed by atoms with Crippen LogP contribution < -0.4 is 20.9 Å². The Kier molecular flexibility index (Phi) is 4.53. The van der Waals surface area contributed by atoms with E-state index in [0.29, 0.717) is 0 Å². The summed E-state index contributed by atoms with van der Waals surface area (Å²) in [5, 5.41) is 0. The van der Waals surface area contributed by atoms with Crippen LogP contribution in [0, 0.1) is 6.92 Å². The molecule has 6 heteroatoms. The van der Waals surface area contributed by atoms with Crippen molar-refractivity contribution in [3.05, 3.63) is 23.3 Å². The van der Waals surface area contributed by atoms with E-state index in [9.17, 15) is 9.59 Å². The minimum Gasteiger partial charge on any atom is -0.410 e. The Labute approximate surface area is 105 Å². The van der Waals surface area contributed by atoms with Crippen LogP contribution in [0.4, 0.5) is 9.59 Å². The first-order valence-corrected chi connectivity index (χ1v) is 5.52. The van der Waals surface area contributed by atoms with E-state index in [1.54, 1.807) is 13.0 Å². The molecule has 0 atom stereocenters. The lowest BCUT2D eigenvalue weighted by Gasteiger charge is -2.12. The number of benzene rings is 1. The zero-order chi connectivity index (χ0) is 13.7. The zero-order valence-corrected chi connectivity index (χ0v) is 10.4. The van der Waals surface area contributed by atoms with Crippen molar-refractivity contribution >= 4 is 12.2 Å². The second kappa shape index (κ2) is 5.90. The van der Waals surface area contributed by atoms with Crippen LogP contribution in [0.1, 0.15) is 24.5 Å². The molecule has 0 bridgehead atoms. The van der Waals surface area contributed by atoms with E-state index in [4.69, 9.17) is 20.9 Å². The summed E-state index contributed by atoms with van der Waals surface area (Å²) in [5.74, 6) is 0.498. The maximum absolute atomic E-state index is 10.8. The Morgan fingerprint density at radius 1 is 1.17 bits per heavy atom. The highest BCUT2D eigenvalue weighted by atomic mass is 16.6. The summed E-state index contributed by atoms with van der Waals surface area (Å²) in [4.78, 5) is 21.5. The molecule has 18 heavy (non-hydrogen) atoms. The largest absolute Gasteiger partial charge is 0.410 e. The fourth-order valence-corrected chi connectivity index (χ4v) is 1.64. The molecule has 0 saturated heterocycles. The van der Waals surface area contributed by atoms with Crippen LogP contribution in [-0.4, -0.2) is 12.2 Å². The number of carbonyl (C=O) groups excluding carboxylic acids is 2. The van der Waals surface area contributed by atoms with Crippen LogP contribution in [-0.2, 0) is 6.42 Å². The van der Waals surface area contributed by atoms with Crippen LogP contribution in [0.3, 0.4) is 0 Å². The highest BCUT2D eigenvalue weighted by molar-refractivity contribution is 5.71. The lowest BCUT2D eigenvalue weighted by Crippen LogP contribution is -2.18. The molecule has 0 heterocycles. The number of ether oxygens (including phenoxy) is 2. The molecule has 0 spiro atoms. The summed E-state index contributed by atoms with van der Waals surface area (Å²) in [5.41, 5.74) is 11.6. The molecule has 0 radical (unpaired) electrons. The molecule has 98 valence electrons.